The summed E-state index contributed by atoms with van der Waals surface area (Å²) in [5, 5.41) is 17.4. The first-order chi connectivity index (χ1) is 14.2. The Bertz CT molecular complexity index is 1040. The Morgan fingerprint density at radius 1 is 1.24 bits per heavy atom. The molecule has 1 amide bonds. The molecule has 7 nitrogen and oxygen atoms in total. The molecule has 0 fully saturated rings. The van der Waals surface area contributed by atoms with E-state index < -0.39 is 0 Å². The minimum Gasteiger partial charge on any atom is -0.467 e. The van der Waals surface area contributed by atoms with Gasteiger partial charge in [0.15, 0.2) is 0 Å². The highest BCUT2D eigenvalue weighted by Crippen LogP contribution is 2.26. The van der Waals surface area contributed by atoms with Crippen LogP contribution in [0.3, 0.4) is 0 Å². The maximum absolute atomic E-state index is 12.7. The second-order valence-electron chi connectivity index (χ2n) is 6.41. The van der Waals surface area contributed by atoms with Crippen LogP contribution in [0.5, 0.6) is 0 Å². The number of nitrogens with zero attached hydrogens (tertiary/aromatic N) is 4. The second-order valence-corrected chi connectivity index (χ2v) is 8.34. The molecule has 1 atom stereocenters. The molecule has 9 heteroatoms. The van der Waals surface area contributed by atoms with E-state index in [1.807, 2.05) is 36.6 Å². The molecule has 0 bridgehead atoms. The number of hydrogen-bond donors (Lipinski definition) is 1. The van der Waals surface area contributed by atoms with Gasteiger partial charge in [0.1, 0.15) is 12.3 Å². The molecule has 0 radical (unpaired) electrons. The molecule has 0 spiro atoms. The van der Waals surface area contributed by atoms with Crippen LogP contribution in [0.4, 0.5) is 0 Å². The Morgan fingerprint density at radius 3 is 2.83 bits per heavy atom. The zero-order valence-corrected chi connectivity index (χ0v) is 17.3. The number of amides is 1. The normalized spacial score (nSPS) is 12.0. The van der Waals surface area contributed by atoms with Crippen LogP contribution in [0.1, 0.15) is 27.8 Å². The summed E-state index contributed by atoms with van der Waals surface area (Å²) in [4.78, 5) is 13.8. The number of carbonyl (C=O) groups excluding carboxylic acids is 1. The molecular formula is C20H19N5O2S2. The number of aromatic nitrogens is 4. The first kappa shape index (κ1) is 19.4. The first-order valence-electron chi connectivity index (χ1n) is 9.00. The van der Waals surface area contributed by atoms with Crippen LogP contribution in [0.2, 0.25) is 0 Å². The summed E-state index contributed by atoms with van der Waals surface area (Å²) in [6.07, 6.45) is 1.61. The van der Waals surface area contributed by atoms with Crippen LogP contribution >= 0.6 is 23.1 Å². The largest absolute Gasteiger partial charge is 0.467 e. The fourth-order valence-electron chi connectivity index (χ4n) is 2.82. The van der Waals surface area contributed by atoms with E-state index in [9.17, 15) is 4.79 Å². The SMILES string of the molecule is Cc1ccc([C@@H](NC(=O)CSc2nnnn2Cc2ccco2)c2cccs2)cc1. The van der Waals surface area contributed by atoms with Gasteiger partial charge in [0.25, 0.3) is 0 Å². The zero-order valence-electron chi connectivity index (χ0n) is 15.7. The Kier molecular flexibility index (Phi) is 6.06. The molecule has 1 aromatic carbocycles. The van der Waals surface area contributed by atoms with E-state index in [1.54, 1.807) is 22.3 Å². The van der Waals surface area contributed by atoms with Gasteiger partial charge in [-0.3, -0.25) is 4.79 Å². The lowest BCUT2D eigenvalue weighted by molar-refractivity contribution is -0.119. The molecule has 4 rings (SSSR count). The van der Waals surface area contributed by atoms with Gasteiger partial charge < -0.3 is 9.73 Å². The van der Waals surface area contributed by atoms with Gasteiger partial charge in [0.05, 0.1) is 18.1 Å². The van der Waals surface area contributed by atoms with Crippen LogP contribution < -0.4 is 5.32 Å². The van der Waals surface area contributed by atoms with Gasteiger partial charge in [-0.05, 0) is 46.5 Å². The molecule has 0 aliphatic carbocycles. The number of tetrazole rings is 1. The summed E-state index contributed by atoms with van der Waals surface area (Å²) in [5.74, 6) is 0.883. The van der Waals surface area contributed by atoms with Gasteiger partial charge >= 0.3 is 0 Å². The number of hydrogen-bond acceptors (Lipinski definition) is 7. The fourth-order valence-corrected chi connectivity index (χ4v) is 4.31. The lowest BCUT2D eigenvalue weighted by Crippen LogP contribution is -2.30. The van der Waals surface area contributed by atoms with E-state index in [4.69, 9.17) is 4.42 Å². The maximum atomic E-state index is 12.7. The highest BCUT2D eigenvalue weighted by molar-refractivity contribution is 7.99. The van der Waals surface area contributed by atoms with E-state index in [0.29, 0.717) is 11.7 Å². The van der Waals surface area contributed by atoms with Crippen molar-refractivity contribution >= 4 is 29.0 Å². The standard InChI is InChI=1S/C20H19N5O2S2/c1-14-6-8-15(9-7-14)19(17-5-3-11-28-17)21-18(26)13-29-20-22-23-24-25(20)12-16-4-2-10-27-16/h2-11,19H,12-13H2,1H3,(H,21,26)/t19-/m1/s1. The molecule has 1 N–H and O–H groups in total. The van der Waals surface area contributed by atoms with Crippen molar-refractivity contribution in [3.8, 4) is 0 Å². The molecule has 3 heterocycles. The van der Waals surface area contributed by atoms with Gasteiger partial charge in [0.2, 0.25) is 11.1 Å². The van der Waals surface area contributed by atoms with E-state index in [0.717, 1.165) is 16.2 Å². The van der Waals surface area contributed by atoms with Crippen molar-refractivity contribution in [2.24, 2.45) is 0 Å². The van der Waals surface area contributed by atoms with Crippen LogP contribution in [-0.2, 0) is 11.3 Å². The highest BCUT2D eigenvalue weighted by atomic mass is 32.2. The minimum absolute atomic E-state index is 0.0819. The van der Waals surface area contributed by atoms with E-state index in [-0.39, 0.29) is 17.7 Å². The minimum atomic E-state index is -0.178. The molecular weight excluding hydrogens is 406 g/mol. The van der Waals surface area contributed by atoms with Crippen molar-refractivity contribution in [2.75, 3.05) is 5.75 Å². The van der Waals surface area contributed by atoms with Crippen molar-refractivity contribution in [3.05, 3.63) is 81.9 Å². The van der Waals surface area contributed by atoms with Crippen molar-refractivity contribution in [2.45, 2.75) is 24.7 Å². The van der Waals surface area contributed by atoms with Crippen molar-refractivity contribution in [3.63, 3.8) is 0 Å². The quantitative estimate of drug-likeness (QED) is 0.434. The Balaban J connectivity index is 1.41. The fraction of sp³-hybridized carbons (Fsp3) is 0.200. The average Bonchev–Trinajstić information content (AvgIpc) is 3.49. The van der Waals surface area contributed by atoms with E-state index in [1.165, 1.54) is 17.3 Å². The van der Waals surface area contributed by atoms with E-state index in [2.05, 4.69) is 45.1 Å². The number of rotatable bonds is 8. The molecule has 0 unspecified atom stereocenters. The van der Waals surface area contributed by atoms with E-state index >= 15 is 0 Å². The summed E-state index contributed by atoms with van der Waals surface area (Å²) >= 11 is 2.92. The molecule has 0 aliphatic rings. The number of aryl methyl sites for hydroxylation is 1. The predicted molar refractivity (Wildman–Crippen MR) is 112 cm³/mol. The Morgan fingerprint density at radius 2 is 2.10 bits per heavy atom. The maximum Gasteiger partial charge on any atom is 0.231 e. The smallest absolute Gasteiger partial charge is 0.231 e. The van der Waals surface area contributed by atoms with Crippen LogP contribution in [0.25, 0.3) is 0 Å². The third-order valence-corrected chi connectivity index (χ3v) is 6.16. The zero-order chi connectivity index (χ0) is 20.1. The van der Waals surface area contributed by atoms with Crippen molar-refractivity contribution < 1.29 is 9.21 Å². The summed E-state index contributed by atoms with van der Waals surface area (Å²) in [6, 6.07) is 15.7. The van der Waals surface area contributed by atoms with Crippen LogP contribution in [0.15, 0.2) is 69.7 Å². The van der Waals surface area contributed by atoms with Gasteiger partial charge in [-0.25, -0.2) is 4.68 Å². The van der Waals surface area contributed by atoms with Gasteiger partial charge in [-0.1, -0.05) is 47.7 Å². The number of benzene rings is 1. The third kappa shape index (κ3) is 4.93. The van der Waals surface area contributed by atoms with Crippen molar-refractivity contribution in [1.82, 2.24) is 25.5 Å². The molecule has 0 saturated heterocycles. The summed E-state index contributed by atoms with van der Waals surface area (Å²) in [5.41, 5.74) is 2.24. The number of furan rings is 1. The molecule has 3 aromatic heterocycles. The van der Waals surface area contributed by atoms with Crippen LogP contribution in [0, 0.1) is 6.92 Å². The number of thioether (sulfide) groups is 1. The number of thiophene rings is 1. The lowest BCUT2D eigenvalue weighted by atomic mass is 10.0. The Hall–Kier alpha value is -2.91. The summed E-state index contributed by atoms with van der Waals surface area (Å²) < 4.78 is 6.95. The predicted octanol–water partition coefficient (Wildman–Crippen LogP) is 3.68. The first-order valence-corrected chi connectivity index (χ1v) is 10.9. The Labute approximate surface area is 176 Å². The lowest BCUT2D eigenvalue weighted by Gasteiger charge is -2.18. The van der Waals surface area contributed by atoms with Crippen LogP contribution in [-0.4, -0.2) is 31.9 Å². The molecule has 0 aliphatic heterocycles. The third-order valence-electron chi connectivity index (χ3n) is 4.26. The monoisotopic (exact) mass is 425 g/mol. The molecule has 4 aromatic rings. The summed E-state index contributed by atoms with van der Waals surface area (Å²) in [7, 11) is 0. The summed E-state index contributed by atoms with van der Waals surface area (Å²) in [6.45, 7) is 2.47. The topological polar surface area (TPSA) is 85.8 Å². The highest BCUT2D eigenvalue weighted by Gasteiger charge is 2.19. The molecule has 29 heavy (non-hydrogen) atoms. The number of carbonyl (C=O) groups is 1. The average molecular weight is 426 g/mol. The molecule has 0 saturated carbocycles. The van der Waals surface area contributed by atoms with Crippen molar-refractivity contribution in [1.29, 1.82) is 0 Å². The van der Waals surface area contributed by atoms with Gasteiger partial charge in [-0.2, -0.15) is 0 Å². The molecule has 148 valence electrons. The number of nitrogens with one attached hydrogen (secondary N) is 1. The second kappa shape index (κ2) is 9.06. The van der Waals surface area contributed by atoms with Gasteiger partial charge in [-0.15, -0.1) is 16.4 Å². The van der Waals surface area contributed by atoms with Gasteiger partial charge in [0, 0.05) is 4.88 Å².